The van der Waals surface area contributed by atoms with E-state index in [0.29, 0.717) is 33.3 Å². The van der Waals surface area contributed by atoms with Crippen LogP contribution in [0, 0.1) is 0 Å². The second-order valence-electron chi connectivity index (χ2n) is 6.80. The summed E-state index contributed by atoms with van der Waals surface area (Å²) in [6.45, 7) is 3.31. The van der Waals surface area contributed by atoms with E-state index < -0.39 is 23.9 Å². The van der Waals surface area contributed by atoms with Crippen molar-refractivity contribution in [1.82, 2.24) is 10.6 Å². The minimum atomic E-state index is -0.676. The van der Waals surface area contributed by atoms with Crippen molar-refractivity contribution in [2.24, 2.45) is 0 Å². The Hall–Kier alpha value is -3.23. The van der Waals surface area contributed by atoms with Crippen LogP contribution in [0.3, 0.4) is 0 Å². The van der Waals surface area contributed by atoms with E-state index in [1.807, 2.05) is 0 Å². The van der Waals surface area contributed by atoms with Gasteiger partial charge in [0.15, 0.2) is 6.61 Å². The lowest BCUT2D eigenvalue weighted by Gasteiger charge is -2.28. The largest absolute Gasteiger partial charge is 0.484 e. The minimum Gasteiger partial charge on any atom is -0.484 e. The number of hydrogen-bond donors (Lipinski definition) is 3. The molecule has 8 nitrogen and oxygen atoms in total. The third-order valence-corrected chi connectivity index (χ3v) is 5.39. The molecule has 2 aromatic rings. The molecule has 0 bridgehead atoms. The summed E-state index contributed by atoms with van der Waals surface area (Å²) < 4.78 is 10.6. The average Bonchev–Trinajstić information content (AvgIpc) is 2.75. The first-order valence-corrected chi connectivity index (χ1v) is 10.5. The van der Waals surface area contributed by atoms with Gasteiger partial charge >= 0.3 is 12.0 Å². The number of allylic oxidation sites excluding steroid dienone is 1. The number of anilines is 1. The van der Waals surface area contributed by atoms with Gasteiger partial charge in [0.1, 0.15) is 5.75 Å². The molecule has 1 aliphatic heterocycles. The zero-order valence-corrected chi connectivity index (χ0v) is 18.8. The van der Waals surface area contributed by atoms with Crippen LogP contribution in [0.5, 0.6) is 5.75 Å². The Kier molecular flexibility index (Phi) is 7.61. The van der Waals surface area contributed by atoms with Crippen LogP contribution < -0.4 is 20.7 Å². The van der Waals surface area contributed by atoms with Crippen LogP contribution in [0.25, 0.3) is 0 Å². The first-order valence-electron chi connectivity index (χ1n) is 9.72. The zero-order chi connectivity index (χ0) is 23.3. The summed E-state index contributed by atoms with van der Waals surface area (Å²) in [6.07, 6.45) is 0. The first-order chi connectivity index (χ1) is 15.3. The van der Waals surface area contributed by atoms with Gasteiger partial charge in [0, 0.05) is 5.70 Å². The van der Waals surface area contributed by atoms with E-state index in [1.54, 1.807) is 56.3 Å². The Morgan fingerprint density at radius 2 is 1.84 bits per heavy atom. The summed E-state index contributed by atoms with van der Waals surface area (Å²) in [4.78, 5) is 36.5. The van der Waals surface area contributed by atoms with Gasteiger partial charge in [-0.05, 0) is 43.7 Å². The van der Waals surface area contributed by atoms with Gasteiger partial charge in [0.25, 0.3) is 5.91 Å². The summed E-state index contributed by atoms with van der Waals surface area (Å²) >= 11 is 12.0. The Morgan fingerprint density at radius 1 is 1.12 bits per heavy atom. The molecule has 168 valence electrons. The van der Waals surface area contributed by atoms with Gasteiger partial charge in [-0.25, -0.2) is 9.59 Å². The topological polar surface area (TPSA) is 106 Å². The standard InChI is InChI=1S/C22H21Cl2N3O5/c1-3-31-21(29)18-12(2)25-22(30)27-20(18)13-7-9-14(10-8-13)32-11-17(28)26-16-6-4-5-15(23)19(16)24/h4-10,20H,3,11H2,1-2H3,(H,26,28)(H2,25,27,30)/t20-/m0/s1. The Balaban J connectivity index is 1.67. The number of halogens is 2. The van der Waals surface area contributed by atoms with Crippen molar-refractivity contribution in [3.05, 3.63) is 69.3 Å². The molecule has 3 rings (SSSR count). The number of esters is 1. The molecule has 1 heterocycles. The van der Waals surface area contributed by atoms with Gasteiger partial charge in [0.05, 0.1) is 34.0 Å². The van der Waals surface area contributed by atoms with E-state index in [1.165, 1.54) is 0 Å². The molecule has 0 saturated carbocycles. The van der Waals surface area contributed by atoms with Crippen molar-refractivity contribution in [3.8, 4) is 5.75 Å². The molecule has 0 aliphatic carbocycles. The molecule has 0 radical (unpaired) electrons. The number of hydrogen-bond acceptors (Lipinski definition) is 5. The Morgan fingerprint density at radius 3 is 2.53 bits per heavy atom. The van der Waals surface area contributed by atoms with Crippen LogP contribution >= 0.6 is 23.2 Å². The summed E-state index contributed by atoms with van der Waals surface area (Å²) in [7, 11) is 0. The molecular formula is C22H21Cl2N3O5. The van der Waals surface area contributed by atoms with Crippen molar-refractivity contribution in [2.75, 3.05) is 18.5 Å². The molecule has 10 heteroatoms. The molecule has 3 N–H and O–H groups in total. The van der Waals surface area contributed by atoms with Gasteiger partial charge in [-0.2, -0.15) is 0 Å². The highest BCUT2D eigenvalue weighted by Gasteiger charge is 2.32. The molecule has 0 unspecified atom stereocenters. The maximum absolute atomic E-state index is 12.4. The van der Waals surface area contributed by atoms with Crippen molar-refractivity contribution in [2.45, 2.75) is 19.9 Å². The Bertz CT molecular complexity index is 1070. The SMILES string of the molecule is CCOC(=O)C1=C(C)NC(=O)N[C@H]1c1ccc(OCC(=O)Nc2cccc(Cl)c2Cl)cc1. The van der Waals surface area contributed by atoms with Crippen molar-refractivity contribution in [1.29, 1.82) is 0 Å². The lowest BCUT2D eigenvalue weighted by molar-refractivity contribution is -0.139. The normalized spacial score (nSPS) is 15.5. The highest BCUT2D eigenvalue weighted by Crippen LogP contribution is 2.30. The molecule has 3 amide bonds. The minimum absolute atomic E-state index is 0.214. The number of ether oxygens (including phenoxy) is 2. The maximum atomic E-state index is 12.4. The van der Waals surface area contributed by atoms with Crippen LogP contribution in [-0.4, -0.2) is 31.1 Å². The fraction of sp³-hybridized carbons (Fsp3) is 0.227. The molecule has 1 aliphatic rings. The van der Waals surface area contributed by atoms with Gasteiger partial charge in [-0.15, -0.1) is 0 Å². The van der Waals surface area contributed by atoms with Gasteiger partial charge in [-0.1, -0.05) is 41.4 Å². The van der Waals surface area contributed by atoms with E-state index in [4.69, 9.17) is 32.7 Å². The van der Waals surface area contributed by atoms with Gasteiger partial charge in [-0.3, -0.25) is 4.79 Å². The summed E-state index contributed by atoms with van der Waals surface area (Å²) in [5, 5.41) is 8.51. The lowest BCUT2D eigenvalue weighted by Crippen LogP contribution is -2.45. The number of carbonyl (C=O) groups is 3. The number of nitrogens with one attached hydrogen (secondary N) is 3. The predicted molar refractivity (Wildman–Crippen MR) is 121 cm³/mol. The smallest absolute Gasteiger partial charge is 0.338 e. The second-order valence-corrected chi connectivity index (χ2v) is 7.58. The second kappa shape index (κ2) is 10.4. The summed E-state index contributed by atoms with van der Waals surface area (Å²) in [5.41, 5.74) is 1.79. The fourth-order valence-electron chi connectivity index (χ4n) is 3.12. The van der Waals surface area contributed by atoms with Crippen LogP contribution in [0.4, 0.5) is 10.5 Å². The quantitative estimate of drug-likeness (QED) is 0.518. The van der Waals surface area contributed by atoms with E-state index in [-0.39, 0.29) is 18.2 Å². The summed E-state index contributed by atoms with van der Waals surface area (Å²) in [6, 6.07) is 10.5. The van der Waals surface area contributed by atoms with E-state index in [0.717, 1.165) is 0 Å². The maximum Gasteiger partial charge on any atom is 0.338 e. The highest BCUT2D eigenvalue weighted by molar-refractivity contribution is 6.44. The third-order valence-electron chi connectivity index (χ3n) is 4.57. The van der Waals surface area contributed by atoms with Crippen LogP contribution in [0.1, 0.15) is 25.5 Å². The van der Waals surface area contributed by atoms with Crippen LogP contribution in [0.15, 0.2) is 53.7 Å². The highest BCUT2D eigenvalue weighted by atomic mass is 35.5. The third kappa shape index (κ3) is 5.52. The molecule has 0 aromatic heterocycles. The predicted octanol–water partition coefficient (Wildman–Crippen LogP) is 4.20. The average molecular weight is 478 g/mol. The molecule has 0 saturated heterocycles. The monoisotopic (exact) mass is 477 g/mol. The van der Waals surface area contributed by atoms with Crippen molar-refractivity contribution in [3.63, 3.8) is 0 Å². The number of carbonyl (C=O) groups excluding carboxylic acids is 3. The van der Waals surface area contributed by atoms with Gasteiger partial charge < -0.3 is 25.4 Å². The fourth-order valence-corrected chi connectivity index (χ4v) is 3.46. The number of benzene rings is 2. The molecule has 0 spiro atoms. The van der Waals surface area contributed by atoms with Crippen molar-refractivity contribution >= 4 is 46.8 Å². The van der Waals surface area contributed by atoms with Crippen molar-refractivity contribution < 1.29 is 23.9 Å². The van der Waals surface area contributed by atoms with E-state index in [2.05, 4.69) is 16.0 Å². The summed E-state index contributed by atoms with van der Waals surface area (Å²) in [5.74, 6) is -0.495. The van der Waals surface area contributed by atoms with Crippen LogP contribution in [0.2, 0.25) is 10.0 Å². The first kappa shape index (κ1) is 23.4. The van der Waals surface area contributed by atoms with Gasteiger partial charge in [0.2, 0.25) is 0 Å². The molecule has 2 aromatic carbocycles. The number of rotatable bonds is 7. The zero-order valence-electron chi connectivity index (χ0n) is 17.3. The number of amides is 3. The Labute approximate surface area is 194 Å². The molecule has 32 heavy (non-hydrogen) atoms. The molecular weight excluding hydrogens is 457 g/mol. The van der Waals surface area contributed by atoms with E-state index in [9.17, 15) is 14.4 Å². The number of urea groups is 1. The van der Waals surface area contributed by atoms with Crippen LogP contribution in [-0.2, 0) is 14.3 Å². The molecule has 0 fully saturated rings. The van der Waals surface area contributed by atoms with E-state index >= 15 is 0 Å². The molecule has 1 atom stereocenters. The lowest BCUT2D eigenvalue weighted by atomic mass is 9.95.